The molecule has 1 aliphatic heterocycles. The number of ether oxygens (including phenoxy) is 2. The van der Waals surface area contributed by atoms with E-state index in [-0.39, 0.29) is 23.2 Å². The van der Waals surface area contributed by atoms with E-state index in [2.05, 4.69) is 0 Å². The summed E-state index contributed by atoms with van der Waals surface area (Å²) >= 11 is 1.42. The van der Waals surface area contributed by atoms with Gasteiger partial charge in [0.05, 0.1) is 29.9 Å². The predicted octanol–water partition coefficient (Wildman–Crippen LogP) is 2.96. The number of aromatic nitrogens is 1. The van der Waals surface area contributed by atoms with Crippen LogP contribution >= 0.6 is 23.7 Å². The van der Waals surface area contributed by atoms with Crippen LogP contribution < -0.4 is 9.64 Å². The standard InChI is InChI=1S/C23H28N4O5S2.ClH/c1-25(2)11-12-27(23-24-21-19(31-3)5-4-6-20(21)33-23)22(28)17-7-9-18(10-8-17)34(29,30)26-13-15-32-16-14-26;/h4-10H,11-16H2,1-3H3;1H. The number of carbonyl (C=O) groups excluding carboxylic acids is 1. The highest BCUT2D eigenvalue weighted by molar-refractivity contribution is 7.89. The maximum Gasteiger partial charge on any atom is 0.260 e. The number of rotatable bonds is 8. The summed E-state index contributed by atoms with van der Waals surface area (Å²) < 4.78 is 38.8. The zero-order chi connectivity index (χ0) is 24.3. The molecule has 2 heterocycles. The Balaban J connectivity index is 0.00000342. The first kappa shape index (κ1) is 27.3. The van der Waals surface area contributed by atoms with E-state index in [1.54, 1.807) is 24.1 Å². The minimum absolute atomic E-state index is 0. The molecule has 1 aromatic heterocycles. The molecule has 0 bridgehead atoms. The SMILES string of the molecule is COc1cccc2sc(N(CCN(C)C)C(=O)c3ccc(S(=O)(=O)N4CCOCC4)cc3)nc12.Cl. The number of hydrogen-bond donors (Lipinski definition) is 0. The summed E-state index contributed by atoms with van der Waals surface area (Å²) in [6, 6.07) is 11.8. The van der Waals surface area contributed by atoms with E-state index in [1.165, 1.54) is 27.8 Å². The number of amides is 1. The Hall–Kier alpha value is -2.28. The van der Waals surface area contributed by atoms with Crippen molar-refractivity contribution < 1.29 is 22.7 Å². The van der Waals surface area contributed by atoms with Crippen LogP contribution in [0.3, 0.4) is 0 Å². The van der Waals surface area contributed by atoms with Crippen molar-refractivity contribution in [1.29, 1.82) is 0 Å². The average molecular weight is 541 g/mol. The number of sulfonamides is 1. The Bertz CT molecular complexity index is 1260. The number of para-hydroxylation sites is 1. The van der Waals surface area contributed by atoms with Gasteiger partial charge in [0.1, 0.15) is 11.3 Å². The minimum atomic E-state index is -3.63. The van der Waals surface area contributed by atoms with Crippen LogP contribution in [0.15, 0.2) is 47.4 Å². The van der Waals surface area contributed by atoms with E-state index >= 15 is 0 Å². The summed E-state index contributed by atoms with van der Waals surface area (Å²) in [7, 11) is 1.85. The van der Waals surface area contributed by atoms with E-state index in [4.69, 9.17) is 14.5 Å². The quantitative estimate of drug-likeness (QED) is 0.434. The molecule has 0 radical (unpaired) electrons. The van der Waals surface area contributed by atoms with Crippen molar-refractivity contribution in [3.8, 4) is 5.75 Å². The number of methoxy groups -OCH3 is 1. The topological polar surface area (TPSA) is 92.3 Å². The number of morpholine rings is 1. The molecule has 1 fully saturated rings. The Morgan fingerprint density at radius 3 is 2.43 bits per heavy atom. The van der Waals surface area contributed by atoms with E-state index in [0.29, 0.717) is 61.4 Å². The third-order valence-corrected chi connectivity index (χ3v) is 8.50. The maximum atomic E-state index is 13.5. The highest BCUT2D eigenvalue weighted by atomic mass is 35.5. The van der Waals surface area contributed by atoms with Gasteiger partial charge in [-0.05, 0) is 50.5 Å². The largest absolute Gasteiger partial charge is 0.494 e. The number of anilines is 1. The first-order valence-corrected chi connectivity index (χ1v) is 13.1. The van der Waals surface area contributed by atoms with Gasteiger partial charge in [-0.3, -0.25) is 9.69 Å². The second-order valence-electron chi connectivity index (χ2n) is 8.10. The lowest BCUT2D eigenvalue weighted by Crippen LogP contribution is -2.40. The highest BCUT2D eigenvalue weighted by Crippen LogP contribution is 2.34. The lowest BCUT2D eigenvalue weighted by Gasteiger charge is -2.26. The maximum absolute atomic E-state index is 13.5. The summed E-state index contributed by atoms with van der Waals surface area (Å²) in [4.78, 5) is 22.0. The second-order valence-corrected chi connectivity index (χ2v) is 11.1. The normalized spacial score (nSPS) is 14.6. The van der Waals surface area contributed by atoms with Crippen molar-refractivity contribution in [3.05, 3.63) is 48.0 Å². The average Bonchev–Trinajstić information content (AvgIpc) is 3.28. The lowest BCUT2D eigenvalue weighted by atomic mass is 10.2. The molecule has 0 aliphatic carbocycles. The molecule has 1 aliphatic rings. The van der Waals surface area contributed by atoms with Crippen molar-refractivity contribution in [3.63, 3.8) is 0 Å². The van der Waals surface area contributed by atoms with Crippen LogP contribution in [-0.2, 0) is 14.8 Å². The smallest absolute Gasteiger partial charge is 0.260 e. The molecule has 12 heteroatoms. The van der Waals surface area contributed by atoms with Crippen molar-refractivity contribution in [2.75, 3.05) is 65.5 Å². The fourth-order valence-corrected chi connectivity index (χ4v) is 6.05. The molecular formula is C23H29ClN4O5S2. The van der Waals surface area contributed by atoms with Gasteiger partial charge in [0.15, 0.2) is 5.13 Å². The molecule has 0 atom stereocenters. The van der Waals surface area contributed by atoms with Crippen molar-refractivity contribution in [1.82, 2.24) is 14.2 Å². The summed E-state index contributed by atoms with van der Waals surface area (Å²) in [5.41, 5.74) is 1.10. The number of likely N-dealkylation sites (N-methyl/N-ethyl adjacent to an activating group) is 1. The number of benzene rings is 2. The van der Waals surface area contributed by atoms with Gasteiger partial charge >= 0.3 is 0 Å². The van der Waals surface area contributed by atoms with Crippen LogP contribution in [0.25, 0.3) is 10.2 Å². The van der Waals surface area contributed by atoms with E-state index < -0.39 is 10.0 Å². The molecule has 0 N–H and O–H groups in total. The zero-order valence-electron chi connectivity index (χ0n) is 19.8. The van der Waals surface area contributed by atoms with E-state index in [1.807, 2.05) is 37.2 Å². The number of halogens is 1. The van der Waals surface area contributed by atoms with Crippen molar-refractivity contribution in [2.24, 2.45) is 0 Å². The molecule has 0 unspecified atom stereocenters. The Kier molecular flexibility index (Phi) is 9.08. The fourth-order valence-electron chi connectivity index (χ4n) is 3.64. The minimum Gasteiger partial charge on any atom is -0.494 e. The summed E-state index contributed by atoms with van der Waals surface area (Å²) in [5, 5.41) is 0.566. The third-order valence-electron chi connectivity index (χ3n) is 5.55. The number of fused-ring (bicyclic) bond motifs is 1. The van der Waals surface area contributed by atoms with Gasteiger partial charge < -0.3 is 14.4 Å². The van der Waals surface area contributed by atoms with Crippen molar-refractivity contribution in [2.45, 2.75) is 4.90 Å². The van der Waals surface area contributed by atoms with Gasteiger partial charge in [0, 0.05) is 31.7 Å². The molecule has 2 aromatic carbocycles. The van der Waals surface area contributed by atoms with Crippen molar-refractivity contribution >= 4 is 55.0 Å². The number of carbonyl (C=O) groups is 1. The van der Waals surface area contributed by atoms with Crippen LogP contribution in [-0.4, -0.2) is 89.1 Å². The number of nitrogens with zero attached hydrogens (tertiary/aromatic N) is 4. The fraction of sp³-hybridized carbons (Fsp3) is 0.391. The van der Waals surface area contributed by atoms with Gasteiger partial charge in [-0.1, -0.05) is 17.4 Å². The van der Waals surface area contributed by atoms with E-state index in [9.17, 15) is 13.2 Å². The monoisotopic (exact) mass is 540 g/mol. The molecule has 0 spiro atoms. The Labute approximate surface area is 215 Å². The van der Waals surface area contributed by atoms with E-state index in [0.717, 1.165) is 4.70 Å². The predicted molar refractivity (Wildman–Crippen MR) is 140 cm³/mol. The first-order valence-electron chi connectivity index (χ1n) is 10.9. The molecule has 1 saturated heterocycles. The van der Waals surface area contributed by atoms with Crippen LogP contribution in [0.4, 0.5) is 5.13 Å². The molecule has 1 amide bonds. The zero-order valence-corrected chi connectivity index (χ0v) is 22.3. The Morgan fingerprint density at radius 2 is 1.80 bits per heavy atom. The third kappa shape index (κ3) is 5.93. The summed E-state index contributed by atoms with van der Waals surface area (Å²) in [6.07, 6.45) is 0. The van der Waals surface area contributed by atoms with Crippen LogP contribution in [0.1, 0.15) is 10.4 Å². The molecule has 3 aromatic rings. The first-order chi connectivity index (χ1) is 16.3. The highest BCUT2D eigenvalue weighted by Gasteiger charge is 2.27. The molecule has 4 rings (SSSR count). The van der Waals surface area contributed by atoms with Gasteiger partial charge in [-0.15, -0.1) is 12.4 Å². The van der Waals surface area contributed by atoms with Gasteiger partial charge in [-0.25, -0.2) is 13.4 Å². The summed E-state index contributed by atoms with van der Waals surface area (Å²) in [6.45, 7) is 2.47. The van der Waals surface area contributed by atoms with Gasteiger partial charge in [0.25, 0.3) is 5.91 Å². The molecule has 0 saturated carbocycles. The Morgan fingerprint density at radius 1 is 1.11 bits per heavy atom. The molecule has 35 heavy (non-hydrogen) atoms. The number of hydrogen-bond acceptors (Lipinski definition) is 8. The van der Waals surface area contributed by atoms with Gasteiger partial charge in [0.2, 0.25) is 10.0 Å². The van der Waals surface area contributed by atoms with Crippen LogP contribution in [0, 0.1) is 0 Å². The lowest BCUT2D eigenvalue weighted by molar-refractivity contribution is 0.0730. The molecule has 9 nitrogen and oxygen atoms in total. The second kappa shape index (κ2) is 11.6. The van der Waals surface area contributed by atoms with Gasteiger partial charge in [-0.2, -0.15) is 4.31 Å². The van der Waals surface area contributed by atoms with Crippen LogP contribution in [0.2, 0.25) is 0 Å². The number of thiazole rings is 1. The molecular weight excluding hydrogens is 512 g/mol. The summed E-state index contributed by atoms with van der Waals surface area (Å²) in [5.74, 6) is 0.410. The van der Waals surface area contributed by atoms with Crippen LogP contribution in [0.5, 0.6) is 5.75 Å². The molecule has 190 valence electrons.